The Labute approximate surface area is 75.8 Å². The maximum Gasteiger partial charge on any atom is 0.139 e. The van der Waals surface area contributed by atoms with Gasteiger partial charge in [-0.25, -0.2) is 8.78 Å². The number of halogens is 2. The molecule has 0 fully saturated rings. The maximum absolute atomic E-state index is 13.0. The molecule has 0 spiro atoms. The highest BCUT2D eigenvalue weighted by Gasteiger charge is 2.08. The molecule has 1 aromatic rings. The molecule has 4 heteroatoms. The third-order valence-corrected chi connectivity index (χ3v) is 2.28. The molecule has 2 radical (unpaired) electrons. The SMILES string of the molecule is [B]c1cc(F)c(SCC)c(F)c1. The Kier molecular flexibility index (Phi) is 3.15. The van der Waals surface area contributed by atoms with E-state index in [1.807, 2.05) is 6.92 Å². The molecule has 0 heterocycles. The smallest absolute Gasteiger partial charge is 0.139 e. The highest BCUT2D eigenvalue weighted by Crippen LogP contribution is 2.23. The molecule has 0 aliphatic rings. The van der Waals surface area contributed by atoms with Crippen molar-refractivity contribution in [2.24, 2.45) is 0 Å². The number of benzene rings is 1. The number of rotatable bonds is 2. The predicted octanol–water partition coefficient (Wildman–Crippen LogP) is 1.87. The molecule has 0 saturated heterocycles. The summed E-state index contributed by atoms with van der Waals surface area (Å²) in [5, 5.41) is 0. The van der Waals surface area contributed by atoms with Crippen molar-refractivity contribution in [2.45, 2.75) is 11.8 Å². The summed E-state index contributed by atoms with van der Waals surface area (Å²) < 4.78 is 25.9. The van der Waals surface area contributed by atoms with Crippen molar-refractivity contribution >= 4 is 25.1 Å². The van der Waals surface area contributed by atoms with Crippen LogP contribution in [0.15, 0.2) is 17.0 Å². The Bertz CT molecular complexity index is 265. The summed E-state index contributed by atoms with van der Waals surface area (Å²) in [6, 6.07) is 2.25. The molecule has 1 aromatic carbocycles. The summed E-state index contributed by atoms with van der Waals surface area (Å²) in [6.45, 7) is 1.83. The van der Waals surface area contributed by atoms with Crippen molar-refractivity contribution in [1.82, 2.24) is 0 Å². The minimum Gasteiger partial charge on any atom is -0.206 e. The van der Waals surface area contributed by atoms with E-state index in [2.05, 4.69) is 0 Å². The lowest BCUT2D eigenvalue weighted by Crippen LogP contribution is -2.05. The fraction of sp³-hybridized carbons (Fsp3) is 0.250. The van der Waals surface area contributed by atoms with Crippen LogP contribution < -0.4 is 5.46 Å². The van der Waals surface area contributed by atoms with E-state index in [0.717, 1.165) is 23.9 Å². The lowest BCUT2D eigenvalue weighted by atomic mass is 9.96. The van der Waals surface area contributed by atoms with Gasteiger partial charge in [-0.3, -0.25) is 0 Å². The predicted molar refractivity (Wildman–Crippen MR) is 48.1 cm³/mol. The minimum absolute atomic E-state index is 0.0479. The van der Waals surface area contributed by atoms with Crippen LogP contribution >= 0.6 is 11.8 Å². The Morgan fingerprint density at radius 2 is 1.83 bits per heavy atom. The second-order valence-electron chi connectivity index (χ2n) is 2.25. The van der Waals surface area contributed by atoms with Crippen molar-refractivity contribution in [1.29, 1.82) is 0 Å². The zero-order valence-corrected chi connectivity index (χ0v) is 7.42. The second-order valence-corrected chi connectivity index (χ2v) is 3.52. The Morgan fingerprint density at radius 3 is 2.25 bits per heavy atom. The van der Waals surface area contributed by atoms with Crippen LogP contribution in [0.1, 0.15) is 6.92 Å². The van der Waals surface area contributed by atoms with Gasteiger partial charge in [0.25, 0.3) is 0 Å². The number of hydrogen-bond acceptors (Lipinski definition) is 1. The third-order valence-electron chi connectivity index (χ3n) is 1.31. The molecule has 62 valence electrons. The highest BCUT2D eigenvalue weighted by molar-refractivity contribution is 7.99. The summed E-state index contributed by atoms with van der Waals surface area (Å²) in [7, 11) is 5.24. The van der Waals surface area contributed by atoms with Crippen LogP contribution in [0.3, 0.4) is 0 Å². The summed E-state index contributed by atoms with van der Waals surface area (Å²) in [5.41, 5.74) is 0.116. The Morgan fingerprint density at radius 1 is 1.33 bits per heavy atom. The first-order valence-corrected chi connectivity index (χ1v) is 4.51. The molecule has 0 nitrogen and oxygen atoms in total. The normalized spacial score (nSPS) is 10.2. The third kappa shape index (κ3) is 2.00. The minimum atomic E-state index is -0.584. The van der Waals surface area contributed by atoms with Gasteiger partial charge in [0.2, 0.25) is 0 Å². The number of thioether (sulfide) groups is 1. The van der Waals surface area contributed by atoms with Crippen LogP contribution in [0.5, 0.6) is 0 Å². The average molecular weight is 184 g/mol. The standard InChI is InChI=1S/C8H7BF2S/c1-2-12-8-6(10)3-5(9)4-7(8)11/h3-4H,2H2,1H3. The molecule has 0 unspecified atom stereocenters. The summed E-state index contributed by atoms with van der Waals surface area (Å²) in [5.74, 6) is -0.531. The molecule has 0 N–H and O–H groups in total. The van der Waals surface area contributed by atoms with Crippen LogP contribution in [0.25, 0.3) is 0 Å². The molecule has 0 atom stereocenters. The monoisotopic (exact) mass is 184 g/mol. The van der Waals surface area contributed by atoms with Gasteiger partial charge in [-0.1, -0.05) is 12.4 Å². The van der Waals surface area contributed by atoms with Gasteiger partial charge < -0.3 is 0 Å². The van der Waals surface area contributed by atoms with E-state index < -0.39 is 11.6 Å². The maximum atomic E-state index is 13.0. The first-order chi connectivity index (χ1) is 5.65. The van der Waals surface area contributed by atoms with Gasteiger partial charge in [0, 0.05) is 0 Å². The second kappa shape index (κ2) is 3.94. The van der Waals surface area contributed by atoms with Crippen LogP contribution in [-0.2, 0) is 0 Å². The van der Waals surface area contributed by atoms with Gasteiger partial charge in [0.05, 0.1) is 4.90 Å². The van der Waals surface area contributed by atoms with E-state index >= 15 is 0 Å². The zero-order valence-electron chi connectivity index (χ0n) is 6.60. The Balaban J connectivity index is 3.10. The largest absolute Gasteiger partial charge is 0.206 e. The van der Waals surface area contributed by atoms with Gasteiger partial charge in [-0.05, 0) is 17.9 Å². The lowest BCUT2D eigenvalue weighted by molar-refractivity contribution is 0.542. The van der Waals surface area contributed by atoms with Crippen molar-refractivity contribution in [3.8, 4) is 0 Å². The van der Waals surface area contributed by atoms with E-state index in [1.165, 1.54) is 0 Å². The zero-order chi connectivity index (χ0) is 9.14. The molecular weight excluding hydrogens is 177 g/mol. The topological polar surface area (TPSA) is 0 Å². The first-order valence-electron chi connectivity index (χ1n) is 3.52. The number of hydrogen-bond donors (Lipinski definition) is 0. The van der Waals surface area contributed by atoms with Crippen LogP contribution in [-0.4, -0.2) is 13.6 Å². The van der Waals surface area contributed by atoms with E-state index in [-0.39, 0.29) is 10.4 Å². The van der Waals surface area contributed by atoms with E-state index in [0.29, 0.717) is 5.75 Å². The molecule has 0 aromatic heterocycles. The first kappa shape index (κ1) is 9.58. The van der Waals surface area contributed by atoms with Crippen LogP contribution in [0.2, 0.25) is 0 Å². The molecule has 0 aliphatic heterocycles. The quantitative estimate of drug-likeness (QED) is 0.499. The Hall–Kier alpha value is -0.505. The van der Waals surface area contributed by atoms with Crippen molar-refractivity contribution < 1.29 is 8.78 Å². The summed E-state index contributed by atoms with van der Waals surface area (Å²) in [4.78, 5) is 0.0479. The van der Waals surface area contributed by atoms with Crippen LogP contribution in [0, 0.1) is 11.6 Å². The fourth-order valence-electron chi connectivity index (χ4n) is 0.862. The molecule has 0 bridgehead atoms. The van der Waals surface area contributed by atoms with Gasteiger partial charge in [0.15, 0.2) is 0 Å². The fourth-order valence-corrected chi connectivity index (χ4v) is 1.54. The lowest BCUT2D eigenvalue weighted by Gasteiger charge is -2.03. The molecule has 0 aliphatic carbocycles. The molecular formula is C8H7BF2S. The summed E-state index contributed by atoms with van der Waals surface area (Å²) >= 11 is 1.13. The van der Waals surface area contributed by atoms with Crippen LogP contribution in [0.4, 0.5) is 8.78 Å². The molecule has 12 heavy (non-hydrogen) atoms. The van der Waals surface area contributed by atoms with Gasteiger partial charge in [0.1, 0.15) is 19.5 Å². The van der Waals surface area contributed by atoms with Gasteiger partial charge >= 0.3 is 0 Å². The molecule has 0 amide bonds. The van der Waals surface area contributed by atoms with E-state index in [4.69, 9.17) is 7.85 Å². The van der Waals surface area contributed by atoms with E-state index in [9.17, 15) is 8.78 Å². The highest BCUT2D eigenvalue weighted by atomic mass is 32.2. The van der Waals surface area contributed by atoms with Gasteiger partial charge in [-0.2, -0.15) is 0 Å². The van der Waals surface area contributed by atoms with Gasteiger partial charge in [-0.15, -0.1) is 11.8 Å². The van der Waals surface area contributed by atoms with Crippen molar-refractivity contribution in [3.05, 3.63) is 23.8 Å². The van der Waals surface area contributed by atoms with E-state index in [1.54, 1.807) is 0 Å². The average Bonchev–Trinajstić information content (AvgIpc) is 1.96. The van der Waals surface area contributed by atoms with Crippen molar-refractivity contribution in [2.75, 3.05) is 5.75 Å². The molecule has 0 saturated carbocycles. The summed E-state index contributed by atoms with van der Waals surface area (Å²) in [6.07, 6.45) is 0. The molecule has 1 rings (SSSR count). The van der Waals surface area contributed by atoms with Crippen molar-refractivity contribution in [3.63, 3.8) is 0 Å².